The number of carbonyl (C=O) groups excluding carboxylic acids is 1. The van der Waals surface area contributed by atoms with Crippen LogP contribution in [0.4, 0.5) is 15.9 Å². The highest BCUT2D eigenvalue weighted by molar-refractivity contribution is 7.21. The SMILES string of the molecule is O=C1CCCCN1c1ccc2nc(-c3ccc(N4CC[C@@H](F)C4)nc3)sc2c1. The molecule has 0 bridgehead atoms. The van der Waals surface area contributed by atoms with Gasteiger partial charge in [0.2, 0.25) is 5.91 Å². The van der Waals surface area contributed by atoms with Crippen molar-refractivity contribution in [2.45, 2.75) is 31.9 Å². The Morgan fingerprint density at radius 3 is 2.82 bits per heavy atom. The molecule has 1 amide bonds. The fraction of sp³-hybridized carbons (Fsp3) is 0.381. The molecule has 0 saturated carbocycles. The number of aromatic nitrogens is 2. The lowest BCUT2D eigenvalue weighted by Gasteiger charge is -2.26. The van der Waals surface area contributed by atoms with Crippen LogP contribution < -0.4 is 9.80 Å². The molecule has 0 unspecified atom stereocenters. The average molecular weight is 396 g/mol. The number of alkyl halides is 1. The summed E-state index contributed by atoms with van der Waals surface area (Å²) in [5, 5.41) is 0.904. The summed E-state index contributed by atoms with van der Waals surface area (Å²) in [5.74, 6) is 1.02. The second-order valence-electron chi connectivity index (χ2n) is 7.41. The first kappa shape index (κ1) is 17.6. The number of benzene rings is 1. The minimum atomic E-state index is -0.758. The highest BCUT2D eigenvalue weighted by Crippen LogP contribution is 2.34. The Morgan fingerprint density at radius 2 is 2.07 bits per heavy atom. The summed E-state index contributed by atoms with van der Waals surface area (Å²) < 4.78 is 14.5. The van der Waals surface area contributed by atoms with Crippen molar-refractivity contribution in [2.75, 3.05) is 29.4 Å². The summed E-state index contributed by atoms with van der Waals surface area (Å²) in [6, 6.07) is 9.97. The molecule has 2 saturated heterocycles. The minimum absolute atomic E-state index is 0.201. The van der Waals surface area contributed by atoms with E-state index in [9.17, 15) is 9.18 Å². The number of amides is 1. The van der Waals surface area contributed by atoms with Crippen LogP contribution in [0.25, 0.3) is 20.8 Å². The van der Waals surface area contributed by atoms with E-state index in [4.69, 9.17) is 4.98 Å². The van der Waals surface area contributed by atoms with Gasteiger partial charge in [0, 0.05) is 37.0 Å². The van der Waals surface area contributed by atoms with E-state index in [0.29, 0.717) is 25.9 Å². The number of nitrogens with zero attached hydrogens (tertiary/aromatic N) is 4. The third-order valence-corrected chi connectivity index (χ3v) is 6.52. The quantitative estimate of drug-likeness (QED) is 0.657. The average Bonchev–Trinajstić information content (AvgIpc) is 3.34. The number of rotatable bonds is 3. The van der Waals surface area contributed by atoms with Gasteiger partial charge in [-0.3, -0.25) is 4.79 Å². The van der Waals surface area contributed by atoms with Crippen LogP contribution in [0.5, 0.6) is 0 Å². The maximum Gasteiger partial charge on any atom is 0.226 e. The lowest BCUT2D eigenvalue weighted by molar-refractivity contribution is -0.119. The molecule has 0 aliphatic carbocycles. The van der Waals surface area contributed by atoms with Gasteiger partial charge in [-0.15, -0.1) is 11.3 Å². The van der Waals surface area contributed by atoms with Gasteiger partial charge in [0.15, 0.2) is 0 Å². The molecule has 3 aromatic rings. The van der Waals surface area contributed by atoms with E-state index in [-0.39, 0.29) is 5.91 Å². The van der Waals surface area contributed by atoms with E-state index in [2.05, 4.69) is 11.1 Å². The van der Waals surface area contributed by atoms with Gasteiger partial charge >= 0.3 is 0 Å². The van der Waals surface area contributed by atoms with Crippen molar-refractivity contribution in [1.29, 1.82) is 0 Å². The summed E-state index contributed by atoms with van der Waals surface area (Å²) in [5.41, 5.74) is 2.84. The zero-order chi connectivity index (χ0) is 19.1. The van der Waals surface area contributed by atoms with Crippen LogP contribution in [0.15, 0.2) is 36.5 Å². The number of halogens is 1. The van der Waals surface area contributed by atoms with Crippen LogP contribution in [-0.4, -0.2) is 41.7 Å². The smallest absolute Gasteiger partial charge is 0.226 e. The van der Waals surface area contributed by atoms with E-state index >= 15 is 0 Å². The Morgan fingerprint density at radius 1 is 1.14 bits per heavy atom. The van der Waals surface area contributed by atoms with Gasteiger partial charge < -0.3 is 9.80 Å². The second-order valence-corrected chi connectivity index (χ2v) is 8.44. The number of anilines is 2. The first-order chi connectivity index (χ1) is 13.7. The number of fused-ring (bicyclic) bond motifs is 1. The molecule has 0 radical (unpaired) electrons. The molecule has 28 heavy (non-hydrogen) atoms. The van der Waals surface area contributed by atoms with E-state index in [1.54, 1.807) is 11.3 Å². The molecule has 5 rings (SSSR count). The Hall–Kier alpha value is -2.54. The van der Waals surface area contributed by atoms with Crippen LogP contribution in [0.3, 0.4) is 0 Å². The number of hydrogen-bond acceptors (Lipinski definition) is 5. The predicted molar refractivity (Wildman–Crippen MR) is 111 cm³/mol. The number of pyridine rings is 1. The van der Waals surface area contributed by atoms with Crippen molar-refractivity contribution in [2.24, 2.45) is 0 Å². The predicted octanol–water partition coefficient (Wildman–Crippen LogP) is 4.42. The Kier molecular flexibility index (Phi) is 4.47. The lowest BCUT2D eigenvalue weighted by atomic mass is 10.1. The molecule has 2 aliphatic rings. The monoisotopic (exact) mass is 396 g/mol. The highest BCUT2D eigenvalue weighted by Gasteiger charge is 2.23. The second kappa shape index (κ2) is 7.13. The van der Waals surface area contributed by atoms with Gasteiger partial charge in [-0.1, -0.05) is 0 Å². The topological polar surface area (TPSA) is 49.3 Å². The number of hydrogen-bond donors (Lipinski definition) is 0. The summed E-state index contributed by atoms with van der Waals surface area (Å²) in [6.45, 7) is 1.93. The van der Waals surface area contributed by atoms with E-state index < -0.39 is 6.17 Å². The van der Waals surface area contributed by atoms with Gasteiger partial charge in [0.05, 0.1) is 16.8 Å². The molecule has 4 heterocycles. The summed E-state index contributed by atoms with van der Waals surface area (Å²) >= 11 is 1.61. The molecule has 5 nitrogen and oxygen atoms in total. The molecule has 7 heteroatoms. The fourth-order valence-corrected chi connectivity index (χ4v) is 4.90. The van der Waals surface area contributed by atoms with Gasteiger partial charge in [0.1, 0.15) is 17.0 Å². The van der Waals surface area contributed by atoms with Gasteiger partial charge in [-0.25, -0.2) is 14.4 Å². The first-order valence-corrected chi connectivity index (χ1v) is 10.6. The van der Waals surface area contributed by atoms with E-state index in [0.717, 1.165) is 51.7 Å². The molecule has 0 N–H and O–H groups in total. The van der Waals surface area contributed by atoms with Crippen molar-refractivity contribution >= 4 is 39.0 Å². The van der Waals surface area contributed by atoms with Gasteiger partial charge in [-0.05, 0) is 49.6 Å². The maximum absolute atomic E-state index is 13.4. The van der Waals surface area contributed by atoms with Crippen LogP contribution in [0, 0.1) is 0 Å². The molecule has 0 spiro atoms. The maximum atomic E-state index is 13.4. The molecule has 2 aromatic heterocycles. The van der Waals surface area contributed by atoms with E-state index in [1.165, 1.54) is 0 Å². The normalized spacial score (nSPS) is 20.3. The van der Waals surface area contributed by atoms with Gasteiger partial charge in [-0.2, -0.15) is 0 Å². The Labute approximate surface area is 166 Å². The van der Waals surface area contributed by atoms with Crippen molar-refractivity contribution in [3.05, 3.63) is 36.5 Å². The molecule has 2 aliphatic heterocycles. The molecule has 144 valence electrons. The van der Waals surface area contributed by atoms with Crippen molar-refractivity contribution in [1.82, 2.24) is 9.97 Å². The fourth-order valence-electron chi connectivity index (χ4n) is 3.91. The zero-order valence-corrected chi connectivity index (χ0v) is 16.3. The summed E-state index contributed by atoms with van der Waals surface area (Å²) in [4.78, 5) is 25.3. The lowest BCUT2D eigenvalue weighted by Crippen LogP contribution is -2.35. The standard InChI is InChI=1S/C21H21FN4OS/c22-15-8-10-25(13-15)19-7-4-14(12-23-19)21-24-17-6-5-16(11-18(17)28-21)26-9-2-1-3-20(26)27/h4-7,11-12,15H,1-3,8-10,13H2/t15-/m1/s1. The number of carbonyl (C=O) groups is 1. The van der Waals surface area contributed by atoms with Crippen LogP contribution >= 0.6 is 11.3 Å². The van der Waals surface area contributed by atoms with E-state index in [1.807, 2.05) is 40.3 Å². The minimum Gasteiger partial charge on any atom is -0.354 e. The van der Waals surface area contributed by atoms with Crippen LogP contribution in [-0.2, 0) is 4.79 Å². The summed E-state index contributed by atoms with van der Waals surface area (Å²) in [7, 11) is 0. The van der Waals surface area contributed by atoms with Crippen LogP contribution in [0.2, 0.25) is 0 Å². The van der Waals surface area contributed by atoms with Gasteiger partial charge in [0.25, 0.3) is 0 Å². The number of thiazole rings is 1. The first-order valence-electron chi connectivity index (χ1n) is 9.74. The third kappa shape index (κ3) is 3.24. The molecular formula is C21H21FN4OS. The third-order valence-electron chi connectivity index (χ3n) is 5.46. The van der Waals surface area contributed by atoms with Crippen molar-refractivity contribution < 1.29 is 9.18 Å². The highest BCUT2D eigenvalue weighted by atomic mass is 32.1. The molecule has 1 atom stereocenters. The molecule has 1 aromatic carbocycles. The molecular weight excluding hydrogens is 375 g/mol. The van der Waals surface area contributed by atoms with Crippen molar-refractivity contribution in [3.8, 4) is 10.6 Å². The Balaban J connectivity index is 1.41. The zero-order valence-electron chi connectivity index (χ0n) is 15.5. The van der Waals surface area contributed by atoms with Crippen LogP contribution in [0.1, 0.15) is 25.7 Å². The summed E-state index contributed by atoms with van der Waals surface area (Å²) in [6.07, 6.45) is 4.29. The molecule has 2 fully saturated rings. The number of piperidine rings is 1. The van der Waals surface area contributed by atoms with Crippen molar-refractivity contribution in [3.63, 3.8) is 0 Å². The largest absolute Gasteiger partial charge is 0.354 e. The Bertz CT molecular complexity index is 1020.